The number of urea groups is 1. The van der Waals surface area contributed by atoms with E-state index in [4.69, 9.17) is 9.84 Å². The summed E-state index contributed by atoms with van der Waals surface area (Å²) >= 11 is 0. The number of aliphatic carboxylic acids is 1. The molecule has 1 saturated carbocycles. The number of carboxylic acid groups (broad SMARTS) is 1. The lowest BCUT2D eigenvalue weighted by atomic mass is 9.75. The van der Waals surface area contributed by atoms with Gasteiger partial charge in [0.15, 0.2) is 6.10 Å². The van der Waals surface area contributed by atoms with E-state index in [1.807, 2.05) is 0 Å². The van der Waals surface area contributed by atoms with Crippen LogP contribution in [0.4, 0.5) is 4.79 Å². The van der Waals surface area contributed by atoms with E-state index in [9.17, 15) is 9.59 Å². The summed E-state index contributed by atoms with van der Waals surface area (Å²) in [6.07, 6.45) is 4.48. The normalized spacial score (nSPS) is 28.5. The lowest BCUT2D eigenvalue weighted by Gasteiger charge is -2.41. The van der Waals surface area contributed by atoms with E-state index in [0.29, 0.717) is 19.4 Å². The second-order valence-corrected chi connectivity index (χ2v) is 5.48. The van der Waals surface area contributed by atoms with E-state index in [-0.39, 0.29) is 17.7 Å². The molecule has 3 N–H and O–H groups in total. The molecule has 2 rings (SSSR count). The maximum atomic E-state index is 11.8. The number of hydrogen-bond acceptors (Lipinski definition) is 3. The Hall–Kier alpha value is -1.30. The first-order valence-electron chi connectivity index (χ1n) is 6.99. The number of ether oxygens (including phenoxy) is 1. The van der Waals surface area contributed by atoms with Crippen LogP contribution in [0, 0.1) is 0 Å². The van der Waals surface area contributed by atoms with Gasteiger partial charge >= 0.3 is 12.0 Å². The third-order valence-corrected chi connectivity index (χ3v) is 4.24. The van der Waals surface area contributed by atoms with E-state index in [0.717, 1.165) is 19.3 Å². The zero-order valence-electron chi connectivity index (χ0n) is 11.3. The summed E-state index contributed by atoms with van der Waals surface area (Å²) in [4.78, 5) is 22.5. The number of nitrogens with one attached hydrogen (secondary N) is 2. The molecule has 2 amide bonds. The molecule has 2 fully saturated rings. The Bertz CT molecular complexity index is 349. The van der Waals surface area contributed by atoms with Crippen LogP contribution in [0.15, 0.2) is 0 Å². The summed E-state index contributed by atoms with van der Waals surface area (Å²) in [6, 6.07) is -0.177. The number of hydrogen-bond donors (Lipinski definition) is 3. The Morgan fingerprint density at radius 1 is 1.37 bits per heavy atom. The van der Waals surface area contributed by atoms with Crippen LogP contribution < -0.4 is 10.6 Å². The van der Waals surface area contributed by atoms with Gasteiger partial charge in [-0.3, -0.25) is 0 Å². The van der Waals surface area contributed by atoms with Gasteiger partial charge in [0.05, 0.1) is 6.10 Å². The van der Waals surface area contributed by atoms with E-state index < -0.39 is 12.1 Å². The number of carboxylic acids is 1. The second-order valence-electron chi connectivity index (χ2n) is 5.48. The van der Waals surface area contributed by atoms with Gasteiger partial charge in [-0.2, -0.15) is 0 Å². The van der Waals surface area contributed by atoms with Crippen molar-refractivity contribution in [2.45, 2.75) is 63.2 Å². The van der Waals surface area contributed by atoms with E-state index >= 15 is 0 Å². The first-order valence-corrected chi connectivity index (χ1v) is 6.99. The zero-order valence-corrected chi connectivity index (χ0v) is 11.3. The SMILES string of the molecule is CCC1(NC(=O)NCC2CCC(C(=O)O)O2)CCC1. The molecule has 0 aromatic heterocycles. The molecule has 0 radical (unpaired) electrons. The minimum absolute atomic E-state index is 0.0236. The van der Waals surface area contributed by atoms with Crippen LogP contribution >= 0.6 is 0 Å². The molecule has 0 aromatic rings. The Balaban J connectivity index is 1.68. The summed E-state index contributed by atoms with van der Waals surface area (Å²) in [5, 5.41) is 14.6. The highest BCUT2D eigenvalue weighted by atomic mass is 16.5. The van der Waals surface area contributed by atoms with Crippen LogP contribution in [0.5, 0.6) is 0 Å². The molecule has 6 nitrogen and oxygen atoms in total. The summed E-state index contributed by atoms with van der Waals surface area (Å²) in [6.45, 7) is 2.45. The molecule has 1 heterocycles. The van der Waals surface area contributed by atoms with E-state index in [1.165, 1.54) is 6.42 Å². The third kappa shape index (κ3) is 3.37. The van der Waals surface area contributed by atoms with Crippen molar-refractivity contribution in [2.75, 3.05) is 6.54 Å². The van der Waals surface area contributed by atoms with Crippen LogP contribution in [0.1, 0.15) is 45.4 Å². The lowest BCUT2D eigenvalue weighted by Crippen LogP contribution is -2.56. The topological polar surface area (TPSA) is 87.7 Å². The van der Waals surface area contributed by atoms with Crippen LogP contribution in [0.2, 0.25) is 0 Å². The number of carbonyl (C=O) groups excluding carboxylic acids is 1. The van der Waals surface area contributed by atoms with Crippen LogP contribution in [-0.4, -0.2) is 41.4 Å². The molecule has 2 unspecified atom stereocenters. The quantitative estimate of drug-likeness (QED) is 0.701. The molecule has 1 saturated heterocycles. The fraction of sp³-hybridized carbons (Fsp3) is 0.846. The molecule has 1 aliphatic carbocycles. The third-order valence-electron chi connectivity index (χ3n) is 4.24. The highest BCUT2D eigenvalue weighted by Crippen LogP contribution is 2.34. The Kier molecular flexibility index (Phi) is 4.29. The van der Waals surface area contributed by atoms with Gasteiger partial charge in [-0.05, 0) is 38.5 Å². The monoisotopic (exact) mass is 270 g/mol. The molecular formula is C13H22N2O4. The van der Waals surface area contributed by atoms with Crippen molar-refractivity contribution in [1.29, 1.82) is 0 Å². The Morgan fingerprint density at radius 2 is 2.11 bits per heavy atom. The first kappa shape index (κ1) is 14.1. The standard InChI is InChI=1S/C13H22N2O4/c1-2-13(6-3-7-13)15-12(18)14-8-9-4-5-10(19-9)11(16)17/h9-10H,2-8H2,1H3,(H,16,17)(H2,14,15,18). The van der Waals surface area contributed by atoms with Crippen molar-refractivity contribution < 1.29 is 19.4 Å². The Labute approximate surface area is 112 Å². The predicted octanol–water partition coefficient (Wildman–Crippen LogP) is 1.25. The number of carbonyl (C=O) groups is 2. The summed E-state index contributed by atoms with van der Waals surface area (Å²) in [5.74, 6) is -0.925. The van der Waals surface area contributed by atoms with Gasteiger partial charge in [-0.25, -0.2) is 9.59 Å². The molecule has 2 aliphatic rings. The van der Waals surface area contributed by atoms with Gasteiger partial charge in [0.2, 0.25) is 0 Å². The average Bonchev–Trinajstić information content (AvgIpc) is 2.80. The molecule has 108 valence electrons. The van der Waals surface area contributed by atoms with Crippen molar-refractivity contribution in [2.24, 2.45) is 0 Å². The van der Waals surface area contributed by atoms with Gasteiger partial charge < -0.3 is 20.5 Å². The summed E-state index contributed by atoms with van der Waals surface area (Å²) in [5.41, 5.74) is -0.0236. The largest absolute Gasteiger partial charge is 0.479 e. The maximum Gasteiger partial charge on any atom is 0.332 e. The molecule has 0 spiro atoms. The lowest BCUT2D eigenvalue weighted by molar-refractivity contribution is -0.149. The van der Waals surface area contributed by atoms with Gasteiger partial charge in [-0.1, -0.05) is 6.92 Å². The van der Waals surface area contributed by atoms with Gasteiger partial charge in [0.25, 0.3) is 0 Å². The van der Waals surface area contributed by atoms with Crippen molar-refractivity contribution in [3.05, 3.63) is 0 Å². The fourth-order valence-electron chi connectivity index (χ4n) is 2.70. The predicted molar refractivity (Wildman–Crippen MR) is 68.9 cm³/mol. The van der Waals surface area contributed by atoms with Crippen LogP contribution in [-0.2, 0) is 9.53 Å². The van der Waals surface area contributed by atoms with Gasteiger partial charge in [0.1, 0.15) is 0 Å². The molecule has 0 aromatic carbocycles. The van der Waals surface area contributed by atoms with Gasteiger partial charge in [-0.15, -0.1) is 0 Å². The maximum absolute atomic E-state index is 11.8. The smallest absolute Gasteiger partial charge is 0.332 e. The Morgan fingerprint density at radius 3 is 2.58 bits per heavy atom. The van der Waals surface area contributed by atoms with Crippen molar-refractivity contribution in [1.82, 2.24) is 10.6 Å². The van der Waals surface area contributed by atoms with Crippen LogP contribution in [0.3, 0.4) is 0 Å². The molecule has 0 bridgehead atoms. The fourth-order valence-corrected chi connectivity index (χ4v) is 2.70. The van der Waals surface area contributed by atoms with E-state index in [2.05, 4.69) is 17.6 Å². The first-order chi connectivity index (χ1) is 9.04. The number of amides is 2. The highest BCUT2D eigenvalue weighted by Gasteiger charge is 2.36. The molecule has 6 heteroatoms. The summed E-state index contributed by atoms with van der Waals surface area (Å²) < 4.78 is 5.33. The van der Waals surface area contributed by atoms with Crippen molar-refractivity contribution in [3.63, 3.8) is 0 Å². The van der Waals surface area contributed by atoms with Crippen molar-refractivity contribution in [3.8, 4) is 0 Å². The molecular weight excluding hydrogens is 248 g/mol. The van der Waals surface area contributed by atoms with Crippen molar-refractivity contribution >= 4 is 12.0 Å². The second kappa shape index (κ2) is 5.77. The molecule has 1 aliphatic heterocycles. The van der Waals surface area contributed by atoms with Crippen LogP contribution in [0.25, 0.3) is 0 Å². The highest BCUT2D eigenvalue weighted by molar-refractivity contribution is 5.75. The summed E-state index contributed by atoms with van der Waals surface area (Å²) in [7, 11) is 0. The van der Waals surface area contributed by atoms with Gasteiger partial charge in [0, 0.05) is 12.1 Å². The molecule has 2 atom stereocenters. The average molecular weight is 270 g/mol. The minimum Gasteiger partial charge on any atom is -0.479 e. The zero-order chi connectivity index (χ0) is 13.9. The van der Waals surface area contributed by atoms with E-state index in [1.54, 1.807) is 0 Å². The minimum atomic E-state index is -0.925. The molecule has 19 heavy (non-hydrogen) atoms. The number of rotatable bonds is 5.